The predicted octanol–water partition coefficient (Wildman–Crippen LogP) is 2.02. The van der Waals surface area contributed by atoms with E-state index in [9.17, 15) is 9.59 Å². The molecule has 1 fully saturated rings. The lowest BCUT2D eigenvalue weighted by molar-refractivity contribution is -0.118. The van der Waals surface area contributed by atoms with Crippen molar-refractivity contribution in [2.24, 2.45) is 11.5 Å². The second kappa shape index (κ2) is 12.1. The summed E-state index contributed by atoms with van der Waals surface area (Å²) in [6.07, 6.45) is 14.3. The first kappa shape index (κ1) is 22.7. The molecule has 7 nitrogen and oxygen atoms in total. The van der Waals surface area contributed by atoms with Gasteiger partial charge in [0.05, 0.1) is 11.4 Å². The van der Waals surface area contributed by atoms with E-state index in [-0.39, 0.29) is 17.0 Å². The molecule has 0 unspecified atom stereocenters. The molecule has 1 amide bonds. The molecule has 0 atom stereocenters. The predicted molar refractivity (Wildman–Crippen MR) is 113 cm³/mol. The summed E-state index contributed by atoms with van der Waals surface area (Å²) < 4.78 is 0. The Balaban J connectivity index is 2.90. The van der Waals surface area contributed by atoms with E-state index >= 15 is 0 Å². The van der Waals surface area contributed by atoms with E-state index in [4.69, 9.17) is 16.9 Å². The quantitative estimate of drug-likeness (QED) is 0.210. The third-order valence-corrected chi connectivity index (χ3v) is 4.24. The highest BCUT2D eigenvalue weighted by Gasteiger charge is 2.11. The molecule has 0 aromatic carbocycles. The summed E-state index contributed by atoms with van der Waals surface area (Å²) in [4.78, 5) is 25.9. The number of carbonyl (C=O) groups excluding carboxylic acids is 2. The first-order valence-electron chi connectivity index (χ1n) is 9.10. The van der Waals surface area contributed by atoms with Crippen molar-refractivity contribution in [3.05, 3.63) is 71.9 Å². The molecule has 150 valence electrons. The summed E-state index contributed by atoms with van der Waals surface area (Å²) in [5, 5.41) is 10.3. The number of nitrogens with two attached hydrogens (primary N) is 2. The fourth-order valence-corrected chi connectivity index (χ4v) is 2.65. The normalized spacial score (nSPS) is 16.8. The smallest absolute Gasteiger partial charge is 0.251 e. The van der Waals surface area contributed by atoms with Gasteiger partial charge in [-0.3, -0.25) is 9.59 Å². The third-order valence-electron chi connectivity index (χ3n) is 4.24. The summed E-state index contributed by atoms with van der Waals surface area (Å²) in [6, 6.07) is 0. The molecule has 6 N–H and O–H groups in total. The van der Waals surface area contributed by atoms with Gasteiger partial charge in [-0.1, -0.05) is 12.7 Å². The molecule has 7 heteroatoms. The molecule has 0 spiro atoms. The van der Waals surface area contributed by atoms with E-state index in [1.807, 2.05) is 6.08 Å². The Hall–Kier alpha value is -3.35. The van der Waals surface area contributed by atoms with Gasteiger partial charge >= 0.3 is 0 Å². The number of amides is 1. The van der Waals surface area contributed by atoms with Crippen molar-refractivity contribution >= 4 is 17.9 Å². The van der Waals surface area contributed by atoms with Gasteiger partial charge < -0.3 is 27.1 Å². The Morgan fingerprint density at radius 1 is 1.18 bits per heavy atom. The maximum atomic E-state index is 12.4. The Morgan fingerprint density at radius 3 is 2.39 bits per heavy atom. The first-order valence-corrected chi connectivity index (χ1v) is 9.10. The molecule has 0 aromatic rings. The zero-order valence-corrected chi connectivity index (χ0v) is 16.3. The minimum absolute atomic E-state index is 0.00595. The van der Waals surface area contributed by atoms with Crippen LogP contribution in [-0.2, 0) is 9.59 Å². The summed E-state index contributed by atoms with van der Waals surface area (Å²) in [5.41, 5.74) is 12.4. The summed E-state index contributed by atoms with van der Waals surface area (Å²) in [7, 11) is 0. The van der Waals surface area contributed by atoms with Crippen LogP contribution in [0.3, 0.4) is 0 Å². The number of rotatable bonds is 9. The molecule has 1 saturated heterocycles. The minimum atomic E-state index is -0.422. The largest absolute Gasteiger partial charge is 0.405 e. The van der Waals surface area contributed by atoms with E-state index in [0.717, 1.165) is 31.6 Å². The van der Waals surface area contributed by atoms with Crippen molar-refractivity contribution in [3.8, 4) is 0 Å². The minimum Gasteiger partial charge on any atom is -0.405 e. The molecule has 1 aliphatic heterocycles. The summed E-state index contributed by atoms with van der Waals surface area (Å²) in [5.74, 6) is -0.422. The topological polar surface area (TPSA) is 125 Å². The van der Waals surface area contributed by atoms with Crippen LogP contribution in [0.15, 0.2) is 71.9 Å². The number of aldehydes is 1. The average Bonchev–Trinajstić information content (AvgIpc) is 2.72. The highest BCUT2D eigenvalue weighted by Crippen LogP contribution is 2.15. The van der Waals surface area contributed by atoms with Crippen molar-refractivity contribution in [2.45, 2.75) is 26.2 Å². The second-order valence-electron chi connectivity index (χ2n) is 6.26. The van der Waals surface area contributed by atoms with Gasteiger partial charge in [-0.25, -0.2) is 0 Å². The maximum Gasteiger partial charge on any atom is 0.251 e. The summed E-state index contributed by atoms with van der Waals surface area (Å²) >= 11 is 0. The van der Waals surface area contributed by atoms with Gasteiger partial charge in [0, 0.05) is 36.1 Å². The molecule has 0 aromatic heterocycles. The first-order chi connectivity index (χ1) is 13.5. The van der Waals surface area contributed by atoms with Crippen molar-refractivity contribution in [2.75, 3.05) is 13.1 Å². The van der Waals surface area contributed by atoms with Crippen molar-refractivity contribution in [1.82, 2.24) is 10.2 Å². The van der Waals surface area contributed by atoms with Crippen LogP contribution in [0.4, 0.5) is 0 Å². The number of carbonyl (C=O) groups is 2. The molecular formula is C21H29N5O2. The molecule has 1 heterocycles. The van der Waals surface area contributed by atoms with Gasteiger partial charge in [-0.05, 0) is 56.7 Å². The lowest BCUT2D eigenvalue weighted by atomic mass is 10.1. The number of allylic oxidation sites excluding steroid dienone is 7. The van der Waals surface area contributed by atoms with Crippen LogP contribution in [0.1, 0.15) is 26.2 Å². The molecule has 1 aliphatic rings. The maximum absolute atomic E-state index is 12.4. The van der Waals surface area contributed by atoms with Crippen LogP contribution < -0.4 is 16.8 Å². The number of nitrogens with one attached hydrogen (secondary N) is 2. The Labute approximate surface area is 166 Å². The zero-order valence-electron chi connectivity index (χ0n) is 16.3. The Morgan fingerprint density at radius 2 is 1.86 bits per heavy atom. The fraction of sp³-hybridized carbons (Fsp3) is 0.286. The molecule has 0 aliphatic carbocycles. The number of piperidine rings is 1. The van der Waals surface area contributed by atoms with Crippen LogP contribution in [0, 0.1) is 5.41 Å². The number of nitrogens with zero attached hydrogens (tertiary/aromatic N) is 1. The highest BCUT2D eigenvalue weighted by molar-refractivity contribution is 6.09. The van der Waals surface area contributed by atoms with E-state index in [1.54, 1.807) is 19.1 Å². The summed E-state index contributed by atoms with van der Waals surface area (Å²) in [6.45, 7) is 7.46. The molecule has 28 heavy (non-hydrogen) atoms. The number of hydrogen-bond acceptors (Lipinski definition) is 6. The number of hydrogen-bond donors (Lipinski definition) is 4. The lowest BCUT2D eigenvalue weighted by Gasteiger charge is -2.29. The standard InChI is InChI=1S/C21H29N5O2/c1-3-19(26-11-5-4-6-12-26)8-7-16(2)21(28)25-18(15-27)13-17(14-23)20(24)9-10-22/h3,7-10,13-15,24H,1,4-6,11-12,22-23H2,2H3,(H,25,28)/b10-9-,16-7+,17-14+,18-13+,19-8+,24-20?. The molecule has 1 rings (SSSR count). The van der Waals surface area contributed by atoms with Crippen LogP contribution in [-0.4, -0.2) is 35.9 Å². The average molecular weight is 383 g/mol. The van der Waals surface area contributed by atoms with E-state index < -0.39 is 5.91 Å². The molecule has 0 saturated carbocycles. The Kier molecular flexibility index (Phi) is 9.82. The van der Waals surface area contributed by atoms with Crippen LogP contribution in [0.2, 0.25) is 0 Å². The monoisotopic (exact) mass is 383 g/mol. The fourth-order valence-electron chi connectivity index (χ4n) is 2.65. The van der Waals surface area contributed by atoms with Crippen molar-refractivity contribution in [3.63, 3.8) is 0 Å². The SMILES string of the molecule is C=C/C(=C\C=C(/C)C(=O)N/C(C=O)=C/C(=C\N)C(=N)/C=C\N)N1CCCCC1. The highest BCUT2D eigenvalue weighted by atomic mass is 16.2. The van der Waals surface area contributed by atoms with Gasteiger partial charge in [0.1, 0.15) is 0 Å². The second-order valence-corrected chi connectivity index (χ2v) is 6.26. The lowest BCUT2D eigenvalue weighted by Crippen LogP contribution is -2.28. The van der Waals surface area contributed by atoms with Gasteiger partial charge in [0.15, 0.2) is 6.29 Å². The zero-order chi connectivity index (χ0) is 20.9. The van der Waals surface area contributed by atoms with Crippen molar-refractivity contribution in [1.29, 1.82) is 5.41 Å². The van der Waals surface area contributed by atoms with Crippen LogP contribution in [0.25, 0.3) is 0 Å². The van der Waals surface area contributed by atoms with Crippen molar-refractivity contribution < 1.29 is 9.59 Å². The van der Waals surface area contributed by atoms with Gasteiger partial charge in [-0.15, -0.1) is 0 Å². The molecule has 0 radical (unpaired) electrons. The van der Waals surface area contributed by atoms with Crippen LogP contribution in [0.5, 0.6) is 0 Å². The van der Waals surface area contributed by atoms with Gasteiger partial charge in [-0.2, -0.15) is 0 Å². The third kappa shape index (κ3) is 7.11. The van der Waals surface area contributed by atoms with Gasteiger partial charge in [0.2, 0.25) is 0 Å². The molecule has 0 bridgehead atoms. The van der Waals surface area contributed by atoms with E-state index in [1.165, 1.54) is 31.0 Å². The molecular weight excluding hydrogens is 354 g/mol. The van der Waals surface area contributed by atoms with Crippen LogP contribution >= 0.6 is 0 Å². The van der Waals surface area contributed by atoms with E-state index in [2.05, 4.69) is 16.8 Å². The van der Waals surface area contributed by atoms with Gasteiger partial charge in [0.25, 0.3) is 5.91 Å². The number of likely N-dealkylation sites (tertiary alicyclic amines) is 1. The Bertz CT molecular complexity index is 751. The van der Waals surface area contributed by atoms with E-state index in [0.29, 0.717) is 11.9 Å².